The molecule has 0 aliphatic carbocycles. The van der Waals surface area contributed by atoms with Gasteiger partial charge >= 0.3 is 0 Å². The Morgan fingerprint density at radius 1 is 1.29 bits per heavy atom. The topological polar surface area (TPSA) is 72.7 Å². The SMILES string of the molecule is Cc1nn(Cc2ccccc2)c2sc(C(=O)Nc3nncs3)cc12. The molecule has 1 amide bonds. The molecule has 0 saturated carbocycles. The summed E-state index contributed by atoms with van der Waals surface area (Å²) in [5.74, 6) is -0.168. The monoisotopic (exact) mass is 355 g/mol. The Morgan fingerprint density at radius 2 is 2.12 bits per heavy atom. The second-order valence-electron chi connectivity index (χ2n) is 5.26. The fourth-order valence-electron chi connectivity index (χ4n) is 2.47. The average Bonchev–Trinajstić information content (AvgIpc) is 3.29. The zero-order valence-corrected chi connectivity index (χ0v) is 14.4. The minimum Gasteiger partial charge on any atom is -0.296 e. The third-order valence-electron chi connectivity index (χ3n) is 3.59. The lowest BCUT2D eigenvalue weighted by Gasteiger charge is -2.02. The van der Waals surface area contributed by atoms with Gasteiger partial charge in [-0.25, -0.2) is 0 Å². The molecule has 0 fully saturated rings. The van der Waals surface area contributed by atoms with Gasteiger partial charge < -0.3 is 0 Å². The van der Waals surface area contributed by atoms with Crippen LogP contribution < -0.4 is 5.32 Å². The fraction of sp³-hybridized carbons (Fsp3) is 0.125. The largest absolute Gasteiger partial charge is 0.296 e. The Hall–Kier alpha value is -2.58. The number of rotatable bonds is 4. The molecule has 4 aromatic rings. The van der Waals surface area contributed by atoms with Crippen LogP contribution in [0, 0.1) is 6.92 Å². The van der Waals surface area contributed by atoms with Crippen molar-refractivity contribution >= 4 is 43.9 Å². The molecule has 1 N–H and O–H groups in total. The molecule has 0 spiro atoms. The van der Waals surface area contributed by atoms with Gasteiger partial charge in [0, 0.05) is 5.39 Å². The van der Waals surface area contributed by atoms with Crippen LogP contribution in [0.4, 0.5) is 5.13 Å². The molecule has 0 unspecified atom stereocenters. The number of nitrogens with zero attached hydrogens (tertiary/aromatic N) is 4. The van der Waals surface area contributed by atoms with Gasteiger partial charge in [-0.3, -0.25) is 14.8 Å². The van der Waals surface area contributed by atoms with Gasteiger partial charge in [0.2, 0.25) is 5.13 Å². The number of aryl methyl sites for hydroxylation is 1. The number of carbonyl (C=O) groups excluding carboxylic acids is 1. The first-order chi connectivity index (χ1) is 11.7. The lowest BCUT2D eigenvalue weighted by Crippen LogP contribution is -2.09. The fourth-order valence-corrected chi connectivity index (χ4v) is 3.97. The summed E-state index contributed by atoms with van der Waals surface area (Å²) in [4.78, 5) is 14.0. The highest BCUT2D eigenvalue weighted by Gasteiger charge is 2.17. The summed E-state index contributed by atoms with van der Waals surface area (Å²) in [6.07, 6.45) is 0. The van der Waals surface area contributed by atoms with Crippen LogP contribution in [0.2, 0.25) is 0 Å². The van der Waals surface area contributed by atoms with E-state index < -0.39 is 0 Å². The number of aromatic nitrogens is 4. The van der Waals surface area contributed by atoms with E-state index in [2.05, 4.69) is 32.7 Å². The maximum absolute atomic E-state index is 12.4. The second-order valence-corrected chi connectivity index (χ2v) is 7.12. The lowest BCUT2D eigenvalue weighted by molar-refractivity contribution is 0.103. The van der Waals surface area contributed by atoms with Crippen LogP contribution in [0.5, 0.6) is 0 Å². The van der Waals surface area contributed by atoms with E-state index in [1.165, 1.54) is 28.2 Å². The number of benzene rings is 1. The maximum Gasteiger partial charge on any atom is 0.267 e. The van der Waals surface area contributed by atoms with E-state index in [0.29, 0.717) is 16.6 Å². The van der Waals surface area contributed by atoms with E-state index in [1.54, 1.807) is 5.51 Å². The standard InChI is InChI=1S/C16H13N5OS2/c1-10-12-7-13(14(22)18-16-19-17-9-23-16)24-15(12)21(20-10)8-11-5-3-2-4-6-11/h2-7,9H,8H2,1H3,(H,18,19,22). The number of nitrogens with one attached hydrogen (secondary N) is 1. The van der Waals surface area contributed by atoms with E-state index in [0.717, 1.165) is 15.9 Å². The van der Waals surface area contributed by atoms with Crippen molar-refractivity contribution in [3.63, 3.8) is 0 Å². The summed E-state index contributed by atoms with van der Waals surface area (Å²) in [7, 11) is 0. The third-order valence-corrected chi connectivity index (χ3v) is 5.34. The summed E-state index contributed by atoms with van der Waals surface area (Å²) in [5.41, 5.74) is 3.69. The van der Waals surface area contributed by atoms with Crippen LogP contribution >= 0.6 is 22.7 Å². The highest BCUT2D eigenvalue weighted by molar-refractivity contribution is 7.20. The predicted octanol–water partition coefficient (Wildman–Crippen LogP) is 3.56. The summed E-state index contributed by atoms with van der Waals surface area (Å²) in [6, 6.07) is 12.0. The van der Waals surface area contributed by atoms with Crippen molar-refractivity contribution in [3.8, 4) is 0 Å². The van der Waals surface area contributed by atoms with Crippen LogP contribution in [0.3, 0.4) is 0 Å². The van der Waals surface area contributed by atoms with E-state index in [9.17, 15) is 4.79 Å². The van der Waals surface area contributed by atoms with Crippen LogP contribution in [0.25, 0.3) is 10.2 Å². The van der Waals surface area contributed by atoms with Gasteiger partial charge in [-0.05, 0) is 18.6 Å². The first-order valence-electron chi connectivity index (χ1n) is 7.29. The number of thiophene rings is 1. The molecule has 0 saturated heterocycles. The first kappa shape index (κ1) is 15.0. The average molecular weight is 355 g/mol. The smallest absolute Gasteiger partial charge is 0.267 e. The number of fused-ring (bicyclic) bond motifs is 1. The summed E-state index contributed by atoms with van der Waals surface area (Å²) in [6.45, 7) is 2.64. The zero-order valence-electron chi connectivity index (χ0n) is 12.8. The van der Waals surface area contributed by atoms with Crippen LogP contribution in [0.15, 0.2) is 41.9 Å². The van der Waals surface area contributed by atoms with Crippen molar-refractivity contribution in [2.45, 2.75) is 13.5 Å². The quantitative estimate of drug-likeness (QED) is 0.607. The molecule has 0 aliphatic heterocycles. The molecule has 1 aromatic carbocycles. The van der Waals surface area contributed by atoms with E-state index in [1.807, 2.05) is 35.9 Å². The molecule has 24 heavy (non-hydrogen) atoms. The van der Waals surface area contributed by atoms with E-state index in [4.69, 9.17) is 0 Å². The lowest BCUT2D eigenvalue weighted by atomic mass is 10.2. The van der Waals surface area contributed by atoms with Gasteiger partial charge in [0.1, 0.15) is 10.3 Å². The van der Waals surface area contributed by atoms with Gasteiger partial charge in [-0.15, -0.1) is 21.5 Å². The molecule has 0 bridgehead atoms. The highest BCUT2D eigenvalue weighted by atomic mass is 32.1. The van der Waals surface area contributed by atoms with Gasteiger partial charge in [-0.2, -0.15) is 5.10 Å². The zero-order chi connectivity index (χ0) is 16.5. The Kier molecular flexibility index (Phi) is 3.83. The Bertz CT molecular complexity index is 989. The van der Waals surface area contributed by atoms with Gasteiger partial charge in [0.15, 0.2) is 0 Å². The predicted molar refractivity (Wildman–Crippen MR) is 95.8 cm³/mol. The second kappa shape index (κ2) is 6.14. The van der Waals surface area contributed by atoms with Gasteiger partial charge in [-0.1, -0.05) is 41.7 Å². The van der Waals surface area contributed by atoms with Crippen molar-refractivity contribution in [3.05, 3.63) is 58.0 Å². The molecule has 4 rings (SSSR count). The number of amides is 1. The highest BCUT2D eigenvalue weighted by Crippen LogP contribution is 2.29. The van der Waals surface area contributed by atoms with Crippen LogP contribution in [-0.4, -0.2) is 25.9 Å². The molecule has 120 valence electrons. The van der Waals surface area contributed by atoms with Crippen LogP contribution in [-0.2, 0) is 6.54 Å². The van der Waals surface area contributed by atoms with Gasteiger partial charge in [0.25, 0.3) is 5.91 Å². The minimum absolute atomic E-state index is 0.168. The van der Waals surface area contributed by atoms with E-state index >= 15 is 0 Å². The molecule has 3 aromatic heterocycles. The number of hydrogen-bond donors (Lipinski definition) is 1. The van der Waals surface area contributed by atoms with Gasteiger partial charge in [0.05, 0.1) is 17.1 Å². The van der Waals surface area contributed by atoms with Crippen molar-refractivity contribution in [1.29, 1.82) is 0 Å². The molecule has 6 nitrogen and oxygen atoms in total. The molecule has 0 radical (unpaired) electrons. The van der Waals surface area contributed by atoms with Crippen molar-refractivity contribution < 1.29 is 4.79 Å². The number of carbonyl (C=O) groups is 1. The molecule has 8 heteroatoms. The van der Waals surface area contributed by atoms with Crippen molar-refractivity contribution in [1.82, 2.24) is 20.0 Å². The number of anilines is 1. The molecular formula is C16H13N5OS2. The molecule has 0 atom stereocenters. The molecule has 0 aliphatic rings. The van der Waals surface area contributed by atoms with Crippen molar-refractivity contribution in [2.24, 2.45) is 0 Å². The Balaban J connectivity index is 1.65. The minimum atomic E-state index is -0.168. The third kappa shape index (κ3) is 2.81. The maximum atomic E-state index is 12.4. The Morgan fingerprint density at radius 3 is 2.88 bits per heavy atom. The van der Waals surface area contributed by atoms with E-state index in [-0.39, 0.29) is 5.91 Å². The molecule has 3 heterocycles. The summed E-state index contributed by atoms with van der Waals surface area (Å²) >= 11 is 2.73. The first-order valence-corrected chi connectivity index (χ1v) is 8.99. The Labute approximate surface area is 145 Å². The van der Waals surface area contributed by atoms with Crippen molar-refractivity contribution in [2.75, 3.05) is 5.32 Å². The normalized spacial score (nSPS) is 11.0. The van der Waals surface area contributed by atoms with Crippen LogP contribution in [0.1, 0.15) is 20.9 Å². The summed E-state index contributed by atoms with van der Waals surface area (Å²) in [5, 5.41) is 16.4. The number of hydrogen-bond acceptors (Lipinski definition) is 6. The molecular weight excluding hydrogens is 342 g/mol. The summed E-state index contributed by atoms with van der Waals surface area (Å²) < 4.78 is 1.95.